The van der Waals surface area contributed by atoms with Crippen LogP contribution in [0.5, 0.6) is 11.5 Å². The van der Waals surface area contributed by atoms with E-state index in [2.05, 4.69) is 0 Å². The number of carbonyl (C=O) groups excluding carboxylic acids is 1. The molecule has 0 radical (unpaired) electrons. The van der Waals surface area contributed by atoms with Gasteiger partial charge in [-0.1, -0.05) is 6.07 Å². The highest BCUT2D eigenvalue weighted by Crippen LogP contribution is 2.42. The van der Waals surface area contributed by atoms with Crippen molar-refractivity contribution < 1.29 is 32.5 Å². The van der Waals surface area contributed by atoms with Crippen molar-refractivity contribution in [3.05, 3.63) is 35.4 Å². The van der Waals surface area contributed by atoms with Crippen LogP contribution in [0.2, 0.25) is 0 Å². The fraction of sp³-hybridized carbons (Fsp3) is 0.438. The van der Waals surface area contributed by atoms with Gasteiger partial charge in [-0.25, -0.2) is 12.7 Å². The summed E-state index contributed by atoms with van der Waals surface area (Å²) in [6.45, 7) is 2.90. The van der Waals surface area contributed by atoms with Gasteiger partial charge in [-0.3, -0.25) is 4.79 Å². The minimum atomic E-state index is -3.70. The van der Waals surface area contributed by atoms with Crippen molar-refractivity contribution in [1.82, 2.24) is 4.31 Å². The topological polar surface area (TPSA) is 102 Å². The molecule has 2 rings (SSSR count). The molecular weight excluding hydrogens is 350 g/mol. The normalized spacial score (nSPS) is 20.4. The molecule has 0 aliphatic carbocycles. The quantitative estimate of drug-likeness (QED) is 0.809. The van der Waals surface area contributed by atoms with E-state index >= 15 is 0 Å². The summed E-state index contributed by atoms with van der Waals surface area (Å²) < 4.78 is 40.8. The van der Waals surface area contributed by atoms with Crippen molar-refractivity contribution in [3.63, 3.8) is 0 Å². The van der Waals surface area contributed by atoms with Crippen LogP contribution in [0, 0.1) is 0 Å². The average molecular weight is 371 g/mol. The summed E-state index contributed by atoms with van der Waals surface area (Å²) in [5, 5.41) is 10.2. The van der Waals surface area contributed by atoms with Crippen LogP contribution >= 0.6 is 0 Å². The number of aliphatic hydroxyl groups is 1. The Hall–Kier alpha value is -2.42. The maximum atomic E-state index is 12.6. The third-order valence-corrected chi connectivity index (χ3v) is 5.88. The van der Waals surface area contributed by atoms with Gasteiger partial charge in [-0.15, -0.1) is 0 Å². The maximum absolute atomic E-state index is 12.6. The molecule has 0 fully saturated rings. The Kier molecular flexibility index (Phi) is 4.90. The molecule has 0 spiro atoms. The number of hydrogen-bond donors (Lipinski definition) is 1. The number of aliphatic hydroxyl groups excluding tert-OH is 1. The molecule has 0 saturated heterocycles. The summed E-state index contributed by atoms with van der Waals surface area (Å²) in [5.74, 6) is -1.25. The molecule has 9 heteroatoms. The smallest absolute Gasteiger partial charge is 0.251 e. The van der Waals surface area contributed by atoms with Crippen LogP contribution < -0.4 is 9.47 Å². The number of ketones is 1. The van der Waals surface area contributed by atoms with Crippen LogP contribution in [0.3, 0.4) is 0 Å². The molecule has 1 aromatic rings. The fourth-order valence-electron chi connectivity index (χ4n) is 2.47. The van der Waals surface area contributed by atoms with E-state index in [0.717, 1.165) is 4.31 Å². The lowest BCUT2D eigenvalue weighted by Gasteiger charge is -2.27. The number of sulfonamides is 1. The lowest BCUT2D eigenvalue weighted by atomic mass is 9.91. The third kappa shape index (κ3) is 2.99. The van der Waals surface area contributed by atoms with E-state index < -0.39 is 33.0 Å². The Balaban J connectivity index is 2.47. The zero-order chi connectivity index (χ0) is 19.0. The lowest BCUT2D eigenvalue weighted by Crippen LogP contribution is -2.33. The molecule has 8 nitrogen and oxygen atoms in total. The number of hydrogen-bond acceptors (Lipinski definition) is 7. The summed E-state index contributed by atoms with van der Waals surface area (Å²) >= 11 is 0. The number of nitrogens with zero attached hydrogens (tertiary/aromatic N) is 1. The van der Waals surface area contributed by atoms with Crippen LogP contribution in [-0.4, -0.2) is 50.6 Å². The van der Waals surface area contributed by atoms with E-state index in [1.165, 1.54) is 35.1 Å². The van der Waals surface area contributed by atoms with Crippen molar-refractivity contribution in [1.29, 1.82) is 0 Å². The average Bonchev–Trinajstić information content (AvgIpc) is 2.85. The Labute approximate surface area is 146 Å². The predicted octanol–water partition coefficient (Wildman–Crippen LogP) is 1.53. The van der Waals surface area contributed by atoms with Gasteiger partial charge in [-0.2, -0.15) is 0 Å². The van der Waals surface area contributed by atoms with Crippen LogP contribution in [0.15, 0.2) is 29.8 Å². The van der Waals surface area contributed by atoms with E-state index in [0.29, 0.717) is 17.1 Å². The fourth-order valence-corrected chi connectivity index (χ4v) is 3.23. The second kappa shape index (κ2) is 6.47. The Morgan fingerprint density at radius 3 is 2.36 bits per heavy atom. The Bertz CT molecular complexity index is 831. The van der Waals surface area contributed by atoms with E-state index in [1.54, 1.807) is 18.2 Å². The van der Waals surface area contributed by atoms with Crippen molar-refractivity contribution in [2.45, 2.75) is 19.4 Å². The van der Waals surface area contributed by atoms with Gasteiger partial charge in [0.2, 0.25) is 15.8 Å². The number of carbonyl (C=O) groups is 1. The predicted molar refractivity (Wildman–Crippen MR) is 89.9 cm³/mol. The molecule has 1 heterocycles. The first-order valence-corrected chi connectivity index (χ1v) is 9.09. The molecule has 1 aliphatic rings. The SMILES string of the molecule is CCS(=O)(=O)N(C)C1=C(O)C(=O)C(C)(c2ccc(OC)c(OC)c2)O1. The van der Waals surface area contributed by atoms with E-state index in [4.69, 9.17) is 14.2 Å². The van der Waals surface area contributed by atoms with Gasteiger partial charge in [0, 0.05) is 12.6 Å². The van der Waals surface area contributed by atoms with Crippen molar-refractivity contribution >= 4 is 15.8 Å². The molecule has 138 valence electrons. The highest BCUT2D eigenvalue weighted by molar-refractivity contribution is 7.89. The summed E-state index contributed by atoms with van der Waals surface area (Å²) in [6, 6.07) is 4.72. The van der Waals surface area contributed by atoms with Gasteiger partial charge in [0.15, 0.2) is 17.1 Å². The number of Topliss-reactive ketones (excluding diaryl/α,β-unsaturated/α-hetero) is 1. The van der Waals surface area contributed by atoms with Gasteiger partial charge in [0.25, 0.3) is 11.7 Å². The largest absolute Gasteiger partial charge is 0.501 e. The number of ether oxygens (including phenoxy) is 3. The second-order valence-corrected chi connectivity index (χ2v) is 7.84. The molecule has 0 amide bonds. The zero-order valence-corrected chi connectivity index (χ0v) is 15.5. The van der Waals surface area contributed by atoms with E-state index in [9.17, 15) is 18.3 Å². The molecule has 1 aromatic carbocycles. The van der Waals surface area contributed by atoms with Crippen LogP contribution in [0.4, 0.5) is 0 Å². The molecule has 1 aliphatic heterocycles. The number of rotatable bonds is 6. The van der Waals surface area contributed by atoms with Crippen molar-refractivity contribution in [2.24, 2.45) is 0 Å². The van der Waals surface area contributed by atoms with Gasteiger partial charge >= 0.3 is 0 Å². The van der Waals surface area contributed by atoms with Gasteiger partial charge < -0.3 is 19.3 Å². The van der Waals surface area contributed by atoms with Crippen molar-refractivity contribution in [2.75, 3.05) is 27.0 Å². The van der Waals surface area contributed by atoms with Gasteiger partial charge in [0.05, 0.1) is 20.0 Å². The monoisotopic (exact) mass is 371 g/mol. The highest BCUT2D eigenvalue weighted by atomic mass is 32.2. The third-order valence-electron chi connectivity index (χ3n) is 4.15. The van der Waals surface area contributed by atoms with Gasteiger partial charge in [-0.05, 0) is 26.0 Å². The summed E-state index contributed by atoms with van der Waals surface area (Å²) in [4.78, 5) is 12.6. The number of benzene rings is 1. The van der Waals surface area contributed by atoms with E-state index in [-0.39, 0.29) is 5.75 Å². The van der Waals surface area contributed by atoms with Gasteiger partial charge in [0.1, 0.15) is 0 Å². The van der Waals surface area contributed by atoms with Crippen LogP contribution in [-0.2, 0) is 25.2 Å². The molecule has 0 aromatic heterocycles. The minimum Gasteiger partial charge on any atom is -0.501 e. The molecule has 1 N–H and O–H groups in total. The van der Waals surface area contributed by atoms with Crippen LogP contribution in [0.25, 0.3) is 0 Å². The maximum Gasteiger partial charge on any atom is 0.251 e. The minimum absolute atomic E-state index is 0.203. The summed E-state index contributed by atoms with van der Waals surface area (Å²) in [5.41, 5.74) is -1.20. The van der Waals surface area contributed by atoms with Crippen molar-refractivity contribution in [3.8, 4) is 11.5 Å². The molecule has 25 heavy (non-hydrogen) atoms. The molecular formula is C16H21NO7S. The first-order chi connectivity index (χ1) is 11.6. The summed E-state index contributed by atoms with van der Waals surface area (Å²) in [7, 11) is 0.447. The number of methoxy groups -OCH3 is 2. The standard InChI is InChI=1S/C16H21NO7S/c1-6-25(20,21)17(3)15-13(18)14(19)16(2,24-15)10-7-8-11(22-4)12(9-10)23-5/h7-9,18H,6H2,1-5H3. The van der Waals surface area contributed by atoms with Crippen LogP contribution in [0.1, 0.15) is 19.4 Å². The molecule has 1 unspecified atom stereocenters. The Morgan fingerprint density at radius 1 is 1.24 bits per heavy atom. The first kappa shape index (κ1) is 18.9. The molecule has 1 atom stereocenters. The summed E-state index contributed by atoms with van der Waals surface area (Å²) in [6.07, 6.45) is 0. The molecule has 0 saturated carbocycles. The molecule has 0 bridgehead atoms. The lowest BCUT2D eigenvalue weighted by molar-refractivity contribution is -0.132. The Morgan fingerprint density at radius 2 is 1.84 bits per heavy atom. The van der Waals surface area contributed by atoms with E-state index in [1.807, 2.05) is 0 Å². The highest BCUT2D eigenvalue weighted by Gasteiger charge is 2.50. The second-order valence-electron chi connectivity index (χ2n) is 5.56. The first-order valence-electron chi connectivity index (χ1n) is 7.48. The zero-order valence-electron chi connectivity index (χ0n) is 14.7.